The van der Waals surface area contributed by atoms with Crippen molar-refractivity contribution in [2.45, 2.75) is 115 Å². The molecule has 4 aliphatic rings. The normalized spacial score (nSPS) is 31.3. The number of piperidine rings is 2. The molecule has 8 rings (SSSR count). The fourth-order valence-electron chi connectivity index (χ4n) is 10.5. The second-order valence-corrected chi connectivity index (χ2v) is 19.1. The molecule has 0 radical (unpaired) electrons. The molecule has 7 heteroatoms. The summed E-state index contributed by atoms with van der Waals surface area (Å²) in [6.07, 6.45) is 9.40. The number of halogens is 4. The van der Waals surface area contributed by atoms with E-state index in [0.717, 1.165) is 50.8 Å². The highest BCUT2D eigenvalue weighted by Gasteiger charge is 2.46. The van der Waals surface area contributed by atoms with Crippen LogP contribution in [0.1, 0.15) is 125 Å². The molecule has 4 unspecified atom stereocenters. The van der Waals surface area contributed by atoms with Crippen molar-refractivity contribution in [3.05, 3.63) is 139 Å². The number of amides is 1. The molecule has 55 heavy (non-hydrogen) atoms. The third-order valence-corrected chi connectivity index (χ3v) is 14.0. The van der Waals surface area contributed by atoms with E-state index in [0.29, 0.717) is 35.9 Å². The number of hydrogen-bond acceptors (Lipinski definition) is 2. The maximum absolute atomic E-state index is 13.4. The highest BCUT2D eigenvalue weighted by atomic mass is 35.5. The van der Waals surface area contributed by atoms with Crippen LogP contribution in [0.3, 0.4) is 0 Å². The van der Waals surface area contributed by atoms with Crippen molar-refractivity contribution in [3.63, 3.8) is 0 Å². The second-order valence-electron chi connectivity index (χ2n) is 17.4. The van der Waals surface area contributed by atoms with Crippen molar-refractivity contribution in [2.75, 3.05) is 6.54 Å². The zero-order valence-corrected chi connectivity index (χ0v) is 35.7. The number of benzene rings is 4. The molecule has 0 aromatic heterocycles. The quantitative estimate of drug-likeness (QED) is 0.193. The van der Waals surface area contributed by atoms with E-state index in [2.05, 4.69) is 92.1 Å². The van der Waals surface area contributed by atoms with Gasteiger partial charge in [0.25, 0.3) is 0 Å². The fraction of sp³-hybridized carbons (Fsp3) is 0.479. The fourth-order valence-corrected chi connectivity index (χ4v) is 11.1. The van der Waals surface area contributed by atoms with Gasteiger partial charge in [0.05, 0.1) is 6.04 Å². The third kappa shape index (κ3) is 9.45. The van der Waals surface area contributed by atoms with Crippen LogP contribution in [-0.4, -0.2) is 34.3 Å². The van der Waals surface area contributed by atoms with E-state index < -0.39 is 0 Å². The molecule has 0 spiro atoms. The lowest BCUT2D eigenvalue weighted by atomic mass is 9.75. The Balaban J connectivity index is 0.000000169. The first-order valence-electron chi connectivity index (χ1n) is 20.5. The molecule has 2 saturated carbocycles. The zero-order chi connectivity index (χ0) is 38.8. The zero-order valence-electron chi connectivity index (χ0n) is 32.7. The molecule has 2 aliphatic heterocycles. The predicted molar refractivity (Wildman–Crippen MR) is 231 cm³/mol. The Kier molecular flexibility index (Phi) is 13.3. The van der Waals surface area contributed by atoms with Gasteiger partial charge in [0.1, 0.15) is 0 Å². The van der Waals surface area contributed by atoms with Crippen LogP contribution < -0.4 is 0 Å². The molecule has 0 bridgehead atoms. The number of carbonyl (C=O) groups is 1. The molecule has 1 amide bonds. The van der Waals surface area contributed by atoms with Crippen molar-refractivity contribution in [1.82, 2.24) is 9.80 Å². The van der Waals surface area contributed by atoms with Gasteiger partial charge in [0.2, 0.25) is 5.91 Å². The largest absolute Gasteiger partial charge is 0.332 e. The lowest BCUT2D eigenvalue weighted by Gasteiger charge is -2.47. The predicted octanol–water partition coefficient (Wildman–Crippen LogP) is 14.2. The van der Waals surface area contributed by atoms with Gasteiger partial charge in [0.15, 0.2) is 0 Å². The van der Waals surface area contributed by atoms with Crippen LogP contribution in [0.15, 0.2) is 97.1 Å². The highest BCUT2D eigenvalue weighted by molar-refractivity contribution is 6.31. The Morgan fingerprint density at radius 3 is 1.47 bits per heavy atom. The van der Waals surface area contributed by atoms with Gasteiger partial charge in [-0.3, -0.25) is 9.69 Å². The van der Waals surface area contributed by atoms with Crippen LogP contribution >= 0.6 is 46.4 Å². The van der Waals surface area contributed by atoms with Gasteiger partial charge in [-0.05, 0) is 140 Å². The molecule has 4 aromatic rings. The van der Waals surface area contributed by atoms with Crippen molar-refractivity contribution in [2.24, 2.45) is 23.7 Å². The number of nitrogens with zero attached hydrogens (tertiary/aromatic N) is 2. The van der Waals surface area contributed by atoms with E-state index in [9.17, 15) is 4.79 Å². The van der Waals surface area contributed by atoms with Crippen LogP contribution in [0, 0.1) is 23.7 Å². The summed E-state index contributed by atoms with van der Waals surface area (Å²) in [4.78, 5) is 18.4. The van der Waals surface area contributed by atoms with E-state index in [1.54, 1.807) is 0 Å². The number of rotatable bonds is 6. The van der Waals surface area contributed by atoms with Crippen LogP contribution in [0.2, 0.25) is 20.1 Å². The average Bonchev–Trinajstić information content (AvgIpc) is 3.81. The minimum absolute atomic E-state index is 0.0171. The van der Waals surface area contributed by atoms with E-state index in [4.69, 9.17) is 46.4 Å². The van der Waals surface area contributed by atoms with Gasteiger partial charge in [-0.25, -0.2) is 0 Å². The minimum atomic E-state index is 0.0171. The molecule has 2 heterocycles. The summed E-state index contributed by atoms with van der Waals surface area (Å²) in [7, 11) is 0. The van der Waals surface area contributed by atoms with Gasteiger partial charge in [-0.1, -0.05) is 123 Å². The smallest absolute Gasteiger partial charge is 0.226 e. The third-order valence-electron chi connectivity index (χ3n) is 13.1. The summed E-state index contributed by atoms with van der Waals surface area (Å²) in [6.45, 7) is 10.4. The molecule has 292 valence electrons. The number of carbonyl (C=O) groups excluding carboxylic acids is 1. The molecule has 2 aliphatic carbocycles. The SMILES string of the molecule is CC1C[C@H](c2cccc(Cl)c2)[C@@H](c2ccc(Cl)cc2)N(C2CC[C@@H](C)C2)C1.CC1C[C@H](c2cccc(Cl)c2)[C@@H](c2ccc(Cl)cc2)N(C2CC[C@H](C)C2)C1=O. The molecular formula is C48H56Cl4N2O. The molecule has 4 fully saturated rings. The molecule has 0 N–H and O–H groups in total. The van der Waals surface area contributed by atoms with Crippen LogP contribution in [0.4, 0.5) is 0 Å². The Morgan fingerprint density at radius 1 is 0.491 bits per heavy atom. The summed E-state index contributed by atoms with van der Waals surface area (Å²) < 4.78 is 0. The Labute approximate surface area is 349 Å². The van der Waals surface area contributed by atoms with Gasteiger partial charge in [0, 0.05) is 62.5 Å². The summed E-state index contributed by atoms with van der Waals surface area (Å²) in [5.41, 5.74) is 5.12. The highest BCUT2D eigenvalue weighted by Crippen LogP contribution is 2.50. The molecular weight excluding hydrogens is 762 g/mol. The van der Waals surface area contributed by atoms with E-state index in [1.807, 2.05) is 42.5 Å². The lowest BCUT2D eigenvalue weighted by Crippen LogP contribution is -2.50. The van der Waals surface area contributed by atoms with Crippen molar-refractivity contribution < 1.29 is 4.79 Å². The van der Waals surface area contributed by atoms with Gasteiger partial charge >= 0.3 is 0 Å². The van der Waals surface area contributed by atoms with Crippen molar-refractivity contribution in [1.29, 1.82) is 0 Å². The van der Waals surface area contributed by atoms with Crippen LogP contribution in [0.25, 0.3) is 0 Å². The summed E-state index contributed by atoms with van der Waals surface area (Å²) in [6, 6.07) is 34.6. The number of hydrogen-bond donors (Lipinski definition) is 0. The molecule has 2 saturated heterocycles. The standard InChI is InChI=1S/C24H27Cl2NO.C24H29Cl2N/c1-15-6-11-21(12-15)27-23(17-7-9-19(25)10-8-17)22(13-16(2)24(27)28)18-4-3-5-20(26)14-18;1-16-6-11-22(12-16)27-15-17(2)13-23(19-4-3-5-21(26)14-19)24(27)18-7-9-20(25)10-8-18/h3-5,7-10,14-16,21-23H,6,11-13H2,1-2H3;3-5,7-10,14,16-17,22-24H,6,11-13,15H2,1-2H3/t15-,16?,21?,22+,23+;16-,17?,22?,23-,24-/m01/s1. The Morgan fingerprint density at radius 2 is 0.982 bits per heavy atom. The monoisotopic (exact) mass is 816 g/mol. The second kappa shape index (κ2) is 17.9. The van der Waals surface area contributed by atoms with Crippen molar-refractivity contribution >= 4 is 52.3 Å². The van der Waals surface area contributed by atoms with E-state index >= 15 is 0 Å². The van der Waals surface area contributed by atoms with Crippen LogP contribution in [0.5, 0.6) is 0 Å². The summed E-state index contributed by atoms with van der Waals surface area (Å²) >= 11 is 25.1. The average molecular weight is 819 g/mol. The van der Waals surface area contributed by atoms with E-state index in [-0.39, 0.29) is 23.8 Å². The summed E-state index contributed by atoms with van der Waals surface area (Å²) in [5, 5.41) is 3.11. The first kappa shape index (κ1) is 40.7. The van der Waals surface area contributed by atoms with Crippen LogP contribution in [-0.2, 0) is 4.79 Å². The first-order chi connectivity index (χ1) is 26.4. The summed E-state index contributed by atoms with van der Waals surface area (Å²) in [5.74, 6) is 3.19. The van der Waals surface area contributed by atoms with Gasteiger partial charge < -0.3 is 4.90 Å². The molecule has 4 aromatic carbocycles. The maximum atomic E-state index is 13.4. The molecule has 3 nitrogen and oxygen atoms in total. The minimum Gasteiger partial charge on any atom is -0.332 e. The Bertz CT molecular complexity index is 1900. The topological polar surface area (TPSA) is 23.6 Å². The van der Waals surface area contributed by atoms with E-state index in [1.165, 1.54) is 55.3 Å². The first-order valence-corrected chi connectivity index (χ1v) is 22.1. The van der Waals surface area contributed by atoms with Gasteiger partial charge in [-0.2, -0.15) is 0 Å². The number of likely N-dealkylation sites (tertiary alicyclic amines) is 2. The molecule has 10 atom stereocenters. The van der Waals surface area contributed by atoms with Gasteiger partial charge in [-0.15, -0.1) is 0 Å². The lowest BCUT2D eigenvalue weighted by molar-refractivity contribution is -0.145. The van der Waals surface area contributed by atoms with Crippen molar-refractivity contribution in [3.8, 4) is 0 Å². The Hall–Kier alpha value is -2.53. The maximum Gasteiger partial charge on any atom is 0.226 e.